The number of nitrogens with zero attached hydrogens (tertiary/aromatic N) is 2. The first-order chi connectivity index (χ1) is 15.0. The van der Waals surface area contributed by atoms with Gasteiger partial charge in [-0.15, -0.1) is 0 Å². The van der Waals surface area contributed by atoms with Crippen LogP contribution in [0.1, 0.15) is 54.2 Å². The summed E-state index contributed by atoms with van der Waals surface area (Å²) in [5, 5.41) is 4.52. The van der Waals surface area contributed by atoms with Crippen molar-refractivity contribution in [3.05, 3.63) is 35.7 Å². The fourth-order valence-electron chi connectivity index (χ4n) is 3.46. The lowest BCUT2D eigenvalue weighted by molar-refractivity contribution is 0.00578. The first kappa shape index (κ1) is 26.1. The number of aromatic nitrogens is 2. The summed E-state index contributed by atoms with van der Waals surface area (Å²) in [6.45, 7) is 21.4. The minimum absolute atomic E-state index is 0.0581. The number of halogens is 2. The van der Waals surface area contributed by atoms with Crippen LogP contribution in [0.15, 0.2) is 18.3 Å². The van der Waals surface area contributed by atoms with Crippen molar-refractivity contribution in [3.8, 4) is 11.1 Å². The van der Waals surface area contributed by atoms with Crippen molar-refractivity contribution in [2.75, 3.05) is 6.61 Å². The molecule has 0 spiro atoms. The van der Waals surface area contributed by atoms with Crippen LogP contribution >= 0.6 is 0 Å². The molecule has 33 heavy (non-hydrogen) atoms. The Morgan fingerprint density at radius 3 is 2.15 bits per heavy atom. The molecule has 0 radical (unpaired) electrons. The Labute approximate surface area is 198 Å². The molecule has 1 fully saturated rings. The van der Waals surface area contributed by atoms with Gasteiger partial charge in [0.1, 0.15) is 0 Å². The summed E-state index contributed by atoms with van der Waals surface area (Å²) in [6, 6.07) is 3.10. The van der Waals surface area contributed by atoms with E-state index in [2.05, 4.69) is 39.0 Å². The zero-order valence-electron chi connectivity index (χ0n) is 21.6. The van der Waals surface area contributed by atoms with Crippen LogP contribution in [0.2, 0.25) is 18.1 Å². The van der Waals surface area contributed by atoms with E-state index in [9.17, 15) is 0 Å². The van der Waals surface area contributed by atoms with Crippen LogP contribution in [0.5, 0.6) is 0 Å². The second-order valence-corrected chi connectivity index (χ2v) is 16.2. The molecule has 0 amide bonds. The van der Waals surface area contributed by atoms with Gasteiger partial charge in [0.25, 0.3) is 0 Å². The summed E-state index contributed by atoms with van der Waals surface area (Å²) in [7, 11) is -2.83. The molecule has 0 N–H and O–H groups in total. The molecule has 0 aliphatic carbocycles. The van der Waals surface area contributed by atoms with E-state index >= 15 is 8.78 Å². The van der Waals surface area contributed by atoms with Crippen LogP contribution in [0.4, 0.5) is 8.78 Å². The lowest BCUT2D eigenvalue weighted by Crippen LogP contribution is -2.41. The fraction of sp³-hybridized carbons (Fsp3) is 0.625. The second-order valence-electron chi connectivity index (χ2n) is 11.4. The Hall–Kier alpha value is -1.55. The molecule has 5 nitrogen and oxygen atoms in total. The van der Waals surface area contributed by atoms with E-state index in [4.69, 9.17) is 13.7 Å². The summed E-state index contributed by atoms with van der Waals surface area (Å²) >= 11 is 0. The molecule has 1 aliphatic rings. The van der Waals surface area contributed by atoms with Crippen LogP contribution in [0.3, 0.4) is 0 Å². The highest BCUT2D eigenvalue weighted by molar-refractivity contribution is 6.74. The number of hydrogen-bond acceptors (Lipinski definition) is 4. The number of benzene rings is 1. The molecule has 0 bridgehead atoms. The maximum Gasteiger partial charge on any atom is 0.497 e. The minimum Gasteiger partial charge on any atom is -0.415 e. The monoisotopic (exact) mass is 478 g/mol. The predicted molar refractivity (Wildman–Crippen MR) is 131 cm³/mol. The maximum absolute atomic E-state index is 15.2. The van der Waals surface area contributed by atoms with E-state index in [1.54, 1.807) is 16.9 Å². The molecule has 0 unspecified atom stereocenters. The van der Waals surface area contributed by atoms with Gasteiger partial charge in [0, 0.05) is 22.3 Å². The van der Waals surface area contributed by atoms with Crippen LogP contribution in [0, 0.1) is 18.6 Å². The second kappa shape index (κ2) is 8.59. The van der Waals surface area contributed by atoms with Gasteiger partial charge in [-0.25, -0.2) is 8.78 Å². The van der Waals surface area contributed by atoms with Crippen LogP contribution in [-0.4, -0.2) is 43.0 Å². The van der Waals surface area contributed by atoms with E-state index in [0.29, 0.717) is 18.7 Å². The topological polar surface area (TPSA) is 45.5 Å². The van der Waals surface area contributed by atoms with Crippen LogP contribution in [-0.2, 0) is 20.3 Å². The molecule has 0 atom stereocenters. The first-order valence-electron chi connectivity index (χ1n) is 11.5. The van der Waals surface area contributed by atoms with Gasteiger partial charge < -0.3 is 13.7 Å². The zero-order chi connectivity index (χ0) is 25.0. The van der Waals surface area contributed by atoms with Crippen LogP contribution in [0.25, 0.3) is 11.1 Å². The van der Waals surface area contributed by atoms with Crippen molar-refractivity contribution >= 4 is 20.9 Å². The highest BCUT2D eigenvalue weighted by Crippen LogP contribution is 2.38. The molecular weight excluding hydrogens is 441 g/mol. The molecule has 1 saturated heterocycles. The highest BCUT2D eigenvalue weighted by Gasteiger charge is 2.52. The Bertz CT molecular complexity index is 1020. The Morgan fingerprint density at radius 2 is 1.61 bits per heavy atom. The molecule has 1 aromatic carbocycles. The molecular formula is C24H37BF2N2O3Si. The summed E-state index contributed by atoms with van der Waals surface area (Å²) in [5.74, 6) is -1.89. The highest BCUT2D eigenvalue weighted by atomic mass is 28.4. The third-order valence-corrected chi connectivity index (χ3v) is 12.1. The predicted octanol–water partition coefficient (Wildman–Crippen LogP) is 5.46. The van der Waals surface area contributed by atoms with Crippen molar-refractivity contribution in [1.29, 1.82) is 0 Å². The maximum atomic E-state index is 15.2. The Balaban J connectivity index is 1.80. The molecule has 0 saturated carbocycles. The number of rotatable bonds is 6. The largest absolute Gasteiger partial charge is 0.497 e. The van der Waals surface area contributed by atoms with Crippen molar-refractivity contribution in [3.63, 3.8) is 0 Å². The number of hydrogen-bond donors (Lipinski definition) is 0. The van der Waals surface area contributed by atoms with E-state index in [0.717, 1.165) is 5.69 Å². The first-order valence-corrected chi connectivity index (χ1v) is 14.4. The van der Waals surface area contributed by atoms with Gasteiger partial charge in [-0.2, -0.15) is 5.10 Å². The van der Waals surface area contributed by atoms with Crippen molar-refractivity contribution in [2.24, 2.45) is 0 Å². The molecule has 2 heterocycles. The average molecular weight is 478 g/mol. The molecule has 9 heteroatoms. The molecule has 1 aliphatic heterocycles. The van der Waals surface area contributed by atoms with Gasteiger partial charge in [0.05, 0.1) is 30.6 Å². The lowest BCUT2D eigenvalue weighted by Gasteiger charge is -2.36. The van der Waals surface area contributed by atoms with E-state index in [-0.39, 0.29) is 16.1 Å². The van der Waals surface area contributed by atoms with E-state index in [1.165, 1.54) is 6.07 Å². The lowest BCUT2D eigenvalue weighted by atomic mass is 9.78. The summed E-state index contributed by atoms with van der Waals surface area (Å²) in [5.41, 5.74) is 0.270. The van der Waals surface area contributed by atoms with Crippen LogP contribution < -0.4 is 5.46 Å². The fourth-order valence-corrected chi connectivity index (χ4v) is 4.50. The summed E-state index contributed by atoms with van der Waals surface area (Å²) in [4.78, 5) is 0. The zero-order valence-corrected chi connectivity index (χ0v) is 22.6. The van der Waals surface area contributed by atoms with Gasteiger partial charge in [-0.3, -0.25) is 4.68 Å². The quantitative estimate of drug-likeness (QED) is 0.518. The van der Waals surface area contributed by atoms with Crippen molar-refractivity contribution < 1.29 is 22.5 Å². The van der Waals surface area contributed by atoms with E-state index in [1.807, 2.05) is 34.6 Å². The molecule has 182 valence electrons. The van der Waals surface area contributed by atoms with Crippen molar-refractivity contribution in [2.45, 2.75) is 91.3 Å². The Kier molecular flexibility index (Phi) is 6.78. The van der Waals surface area contributed by atoms with Gasteiger partial charge in [0.15, 0.2) is 20.0 Å². The Morgan fingerprint density at radius 1 is 1.03 bits per heavy atom. The SMILES string of the molecule is Cc1c(-c2ccc(B3OC(C)(C)C(C)(C)O3)c(F)c2F)cnn1CCO[Si](C)(C)C(C)(C)C. The summed E-state index contributed by atoms with van der Waals surface area (Å²) < 4.78 is 50.1. The third-order valence-electron chi connectivity index (χ3n) is 7.58. The van der Waals surface area contributed by atoms with Gasteiger partial charge in [-0.1, -0.05) is 32.9 Å². The minimum atomic E-state index is -1.86. The molecule has 2 aromatic rings. The van der Waals surface area contributed by atoms with Gasteiger partial charge in [-0.05, 0) is 52.8 Å². The summed E-state index contributed by atoms with van der Waals surface area (Å²) in [6.07, 6.45) is 1.58. The third kappa shape index (κ3) is 4.83. The average Bonchev–Trinajstić information content (AvgIpc) is 3.12. The standard InChI is InChI=1S/C24H37BF2N2O3Si/c1-16-18(15-28-29(16)13-14-30-33(9,10)22(2,3)4)17-11-12-19(21(27)20(17)26)25-31-23(5,6)24(7,8)32-25/h11-12,15H,13-14H2,1-10H3. The smallest absolute Gasteiger partial charge is 0.415 e. The normalized spacial score (nSPS) is 18.2. The van der Waals surface area contributed by atoms with E-state index < -0.39 is 38.3 Å². The van der Waals surface area contributed by atoms with Gasteiger partial charge in [0.2, 0.25) is 0 Å². The molecule has 1 aromatic heterocycles. The van der Waals surface area contributed by atoms with Crippen molar-refractivity contribution in [1.82, 2.24) is 9.78 Å². The van der Waals surface area contributed by atoms with Gasteiger partial charge >= 0.3 is 7.12 Å². The molecule has 3 rings (SSSR count).